The van der Waals surface area contributed by atoms with Crippen molar-refractivity contribution in [2.75, 3.05) is 11.9 Å². The monoisotopic (exact) mass is 261 g/mol. The molecule has 0 heterocycles. The summed E-state index contributed by atoms with van der Waals surface area (Å²) in [4.78, 5) is 23.1. The molecule has 2 rings (SSSR count). The van der Waals surface area contributed by atoms with Crippen molar-refractivity contribution in [2.45, 2.75) is 33.1 Å². The van der Waals surface area contributed by atoms with Crippen molar-refractivity contribution in [3.05, 3.63) is 29.3 Å². The summed E-state index contributed by atoms with van der Waals surface area (Å²) in [5.41, 5.74) is 2.93. The first kappa shape index (κ1) is 13.6. The van der Waals surface area contributed by atoms with Crippen molar-refractivity contribution in [1.82, 2.24) is 0 Å². The van der Waals surface area contributed by atoms with Gasteiger partial charge in [-0.2, -0.15) is 0 Å². The standard InChI is InChI=1S/C15H19NO3/c1-3-11-6-4-5-10(2)14(11)16-13(17)9-19-15(18)12-7-8-12/h4-6,12H,3,7-9H2,1-2H3,(H,16,17). The Labute approximate surface area is 113 Å². The van der Waals surface area contributed by atoms with E-state index in [1.54, 1.807) is 0 Å². The number of hydrogen-bond donors (Lipinski definition) is 1. The highest BCUT2D eigenvalue weighted by Crippen LogP contribution is 2.30. The van der Waals surface area contributed by atoms with Gasteiger partial charge in [-0.3, -0.25) is 9.59 Å². The zero-order valence-electron chi connectivity index (χ0n) is 11.4. The molecule has 0 aliphatic heterocycles. The van der Waals surface area contributed by atoms with Gasteiger partial charge in [-0.15, -0.1) is 0 Å². The lowest BCUT2D eigenvalue weighted by atomic mass is 10.1. The quantitative estimate of drug-likeness (QED) is 0.828. The van der Waals surface area contributed by atoms with Gasteiger partial charge in [0.05, 0.1) is 5.92 Å². The van der Waals surface area contributed by atoms with Gasteiger partial charge in [0.25, 0.3) is 5.91 Å². The fourth-order valence-electron chi connectivity index (χ4n) is 1.95. The second-order valence-corrected chi connectivity index (χ2v) is 4.89. The Bertz CT molecular complexity index is 492. The van der Waals surface area contributed by atoms with Gasteiger partial charge in [0.1, 0.15) is 0 Å². The van der Waals surface area contributed by atoms with Gasteiger partial charge in [0, 0.05) is 5.69 Å². The molecule has 1 aliphatic rings. The van der Waals surface area contributed by atoms with E-state index in [0.717, 1.165) is 36.1 Å². The topological polar surface area (TPSA) is 55.4 Å². The Morgan fingerprint density at radius 3 is 2.74 bits per heavy atom. The zero-order valence-corrected chi connectivity index (χ0v) is 11.4. The molecule has 0 radical (unpaired) electrons. The highest BCUT2D eigenvalue weighted by Gasteiger charge is 2.31. The largest absolute Gasteiger partial charge is 0.455 e. The highest BCUT2D eigenvalue weighted by molar-refractivity contribution is 5.94. The molecule has 1 N–H and O–H groups in total. The van der Waals surface area contributed by atoms with Crippen LogP contribution in [-0.4, -0.2) is 18.5 Å². The van der Waals surface area contributed by atoms with E-state index in [4.69, 9.17) is 4.74 Å². The van der Waals surface area contributed by atoms with Crippen molar-refractivity contribution in [3.63, 3.8) is 0 Å². The van der Waals surface area contributed by atoms with Crippen molar-refractivity contribution in [1.29, 1.82) is 0 Å². The molecule has 19 heavy (non-hydrogen) atoms. The Hall–Kier alpha value is -1.84. The molecule has 0 saturated heterocycles. The maximum Gasteiger partial charge on any atom is 0.309 e. The van der Waals surface area contributed by atoms with Crippen molar-refractivity contribution >= 4 is 17.6 Å². The first-order valence-electron chi connectivity index (χ1n) is 6.66. The number of rotatable bonds is 5. The molecule has 4 nitrogen and oxygen atoms in total. The van der Waals surface area contributed by atoms with Gasteiger partial charge >= 0.3 is 5.97 Å². The van der Waals surface area contributed by atoms with Crippen LogP contribution in [0.25, 0.3) is 0 Å². The molecule has 1 amide bonds. The molecular weight excluding hydrogens is 242 g/mol. The molecular formula is C15H19NO3. The Morgan fingerprint density at radius 1 is 1.37 bits per heavy atom. The fraction of sp³-hybridized carbons (Fsp3) is 0.467. The molecule has 1 aliphatic carbocycles. The van der Waals surface area contributed by atoms with Gasteiger partial charge in [-0.05, 0) is 37.3 Å². The normalized spacial score (nSPS) is 14.0. The number of benzene rings is 1. The first-order valence-corrected chi connectivity index (χ1v) is 6.66. The van der Waals surface area contributed by atoms with Gasteiger partial charge in [0.15, 0.2) is 6.61 Å². The summed E-state index contributed by atoms with van der Waals surface area (Å²) in [6.45, 7) is 3.79. The lowest BCUT2D eigenvalue weighted by Gasteiger charge is -2.13. The van der Waals surface area contributed by atoms with E-state index < -0.39 is 0 Å². The van der Waals surface area contributed by atoms with E-state index >= 15 is 0 Å². The van der Waals surface area contributed by atoms with Crippen molar-refractivity contribution < 1.29 is 14.3 Å². The average Bonchev–Trinajstić information content (AvgIpc) is 3.22. The molecule has 0 spiro atoms. The van der Waals surface area contributed by atoms with E-state index in [-0.39, 0.29) is 24.4 Å². The molecule has 1 saturated carbocycles. The maximum atomic E-state index is 11.8. The van der Waals surface area contributed by atoms with Gasteiger partial charge in [-0.25, -0.2) is 0 Å². The Morgan fingerprint density at radius 2 is 2.11 bits per heavy atom. The van der Waals surface area contributed by atoms with Crippen LogP contribution in [0.15, 0.2) is 18.2 Å². The first-order chi connectivity index (χ1) is 9.11. The summed E-state index contributed by atoms with van der Waals surface area (Å²) in [5.74, 6) is -0.508. The zero-order chi connectivity index (χ0) is 13.8. The second kappa shape index (κ2) is 5.87. The van der Waals surface area contributed by atoms with Crippen LogP contribution in [0, 0.1) is 12.8 Å². The van der Waals surface area contributed by atoms with Crippen LogP contribution in [0.5, 0.6) is 0 Å². The smallest absolute Gasteiger partial charge is 0.309 e. The van der Waals surface area contributed by atoms with E-state index in [9.17, 15) is 9.59 Å². The lowest BCUT2D eigenvalue weighted by Crippen LogP contribution is -2.22. The number of ether oxygens (including phenoxy) is 1. The molecule has 1 fully saturated rings. The van der Waals surface area contributed by atoms with Gasteiger partial charge in [-0.1, -0.05) is 25.1 Å². The third-order valence-corrected chi connectivity index (χ3v) is 3.26. The second-order valence-electron chi connectivity index (χ2n) is 4.89. The molecule has 0 bridgehead atoms. The molecule has 4 heteroatoms. The van der Waals surface area contributed by atoms with Crippen LogP contribution >= 0.6 is 0 Å². The third kappa shape index (κ3) is 3.56. The number of para-hydroxylation sites is 1. The minimum atomic E-state index is -0.280. The predicted molar refractivity (Wildman–Crippen MR) is 72.9 cm³/mol. The lowest BCUT2D eigenvalue weighted by molar-refractivity contribution is -0.148. The Kier molecular flexibility index (Phi) is 4.20. The number of nitrogens with one attached hydrogen (secondary N) is 1. The summed E-state index contributed by atoms with van der Waals surface area (Å²) < 4.78 is 4.96. The van der Waals surface area contributed by atoms with Crippen LogP contribution in [0.1, 0.15) is 30.9 Å². The number of carbonyl (C=O) groups excluding carboxylic acids is 2. The average molecular weight is 261 g/mol. The number of hydrogen-bond acceptors (Lipinski definition) is 3. The maximum absolute atomic E-state index is 11.8. The van der Waals surface area contributed by atoms with Crippen LogP contribution in [0.3, 0.4) is 0 Å². The van der Waals surface area contributed by atoms with E-state index in [0.29, 0.717) is 0 Å². The van der Waals surface area contributed by atoms with Crippen molar-refractivity contribution in [2.24, 2.45) is 5.92 Å². The van der Waals surface area contributed by atoms with E-state index in [2.05, 4.69) is 5.32 Å². The SMILES string of the molecule is CCc1cccc(C)c1NC(=O)COC(=O)C1CC1. The number of carbonyl (C=O) groups is 2. The molecule has 0 unspecified atom stereocenters. The minimum absolute atomic E-state index is 0.0254. The fourth-order valence-corrected chi connectivity index (χ4v) is 1.95. The van der Waals surface area contributed by atoms with Crippen LogP contribution in [0.4, 0.5) is 5.69 Å². The molecule has 0 aromatic heterocycles. The predicted octanol–water partition coefficient (Wildman–Crippen LogP) is 2.45. The van der Waals surface area contributed by atoms with Crippen LogP contribution in [0.2, 0.25) is 0 Å². The Balaban J connectivity index is 1.92. The number of esters is 1. The third-order valence-electron chi connectivity index (χ3n) is 3.26. The number of amides is 1. The molecule has 1 aromatic rings. The summed E-state index contributed by atoms with van der Waals surface area (Å²) in [6.07, 6.45) is 2.62. The van der Waals surface area contributed by atoms with Gasteiger partial charge < -0.3 is 10.1 Å². The molecule has 1 aromatic carbocycles. The number of aryl methyl sites for hydroxylation is 2. The minimum Gasteiger partial charge on any atom is -0.455 e. The van der Waals surface area contributed by atoms with Crippen molar-refractivity contribution in [3.8, 4) is 0 Å². The summed E-state index contributed by atoms with van der Waals surface area (Å²) in [5, 5.41) is 2.83. The van der Waals surface area contributed by atoms with E-state index in [1.807, 2.05) is 32.0 Å². The molecule has 0 atom stereocenters. The van der Waals surface area contributed by atoms with Gasteiger partial charge in [0.2, 0.25) is 0 Å². The highest BCUT2D eigenvalue weighted by atomic mass is 16.5. The number of anilines is 1. The van der Waals surface area contributed by atoms with Crippen LogP contribution in [-0.2, 0) is 20.7 Å². The summed E-state index contributed by atoms with van der Waals surface area (Å²) >= 11 is 0. The van der Waals surface area contributed by atoms with E-state index in [1.165, 1.54) is 0 Å². The summed E-state index contributed by atoms with van der Waals surface area (Å²) in [7, 11) is 0. The summed E-state index contributed by atoms with van der Waals surface area (Å²) in [6, 6.07) is 5.90. The molecule has 102 valence electrons. The van der Waals surface area contributed by atoms with Crippen LogP contribution < -0.4 is 5.32 Å².